The highest BCUT2D eigenvalue weighted by molar-refractivity contribution is 7.17. The second kappa shape index (κ2) is 5.06. The highest BCUT2D eigenvalue weighted by Crippen LogP contribution is 2.27. The molecule has 0 saturated heterocycles. The summed E-state index contributed by atoms with van der Waals surface area (Å²) in [5, 5.41) is 9.64. The molecule has 0 amide bonds. The van der Waals surface area contributed by atoms with Crippen molar-refractivity contribution in [2.24, 2.45) is 12.9 Å². The molecule has 3 rings (SSSR count). The fourth-order valence-corrected chi connectivity index (χ4v) is 2.85. The fourth-order valence-electron chi connectivity index (χ4n) is 2.05. The SMILES string of the molecule is Cc1nn(C)cc1CNc1nc(NN)nc2ccsc12. The second-order valence-corrected chi connectivity index (χ2v) is 5.36. The Bertz CT molecular complexity index is 745. The van der Waals surface area contributed by atoms with Crippen molar-refractivity contribution >= 4 is 33.3 Å². The van der Waals surface area contributed by atoms with Gasteiger partial charge >= 0.3 is 0 Å². The summed E-state index contributed by atoms with van der Waals surface area (Å²) in [5.74, 6) is 6.58. The molecular weight excluding hydrogens is 274 g/mol. The standard InChI is InChI=1S/C12H15N7S/c1-7-8(6-19(2)18-7)5-14-11-10-9(3-4-20-10)15-12(16-11)17-13/h3-4,6H,5,13H2,1-2H3,(H2,14,15,16,17). The minimum Gasteiger partial charge on any atom is -0.365 e. The number of nitrogens with one attached hydrogen (secondary N) is 2. The van der Waals surface area contributed by atoms with Crippen molar-refractivity contribution in [2.75, 3.05) is 10.7 Å². The Hall–Kier alpha value is -2.19. The van der Waals surface area contributed by atoms with Gasteiger partial charge in [-0.1, -0.05) is 0 Å². The number of hydrogen-bond donors (Lipinski definition) is 3. The number of hydrogen-bond acceptors (Lipinski definition) is 7. The predicted octanol–water partition coefficient (Wildman–Crippen LogP) is 1.63. The molecule has 0 saturated carbocycles. The van der Waals surface area contributed by atoms with Gasteiger partial charge in [0, 0.05) is 25.4 Å². The van der Waals surface area contributed by atoms with Crippen molar-refractivity contribution in [3.05, 3.63) is 28.9 Å². The summed E-state index contributed by atoms with van der Waals surface area (Å²) in [6.45, 7) is 2.65. The van der Waals surface area contributed by atoms with Crippen molar-refractivity contribution in [1.29, 1.82) is 0 Å². The number of aromatic nitrogens is 4. The molecule has 7 nitrogen and oxygen atoms in total. The van der Waals surface area contributed by atoms with Gasteiger partial charge in [0.05, 0.1) is 15.9 Å². The van der Waals surface area contributed by atoms with Crippen LogP contribution in [0.4, 0.5) is 11.8 Å². The number of thiophene rings is 1. The topological polar surface area (TPSA) is 93.7 Å². The lowest BCUT2D eigenvalue weighted by atomic mass is 10.2. The first-order valence-electron chi connectivity index (χ1n) is 6.12. The normalized spacial score (nSPS) is 10.9. The molecule has 0 atom stereocenters. The van der Waals surface area contributed by atoms with Crippen LogP contribution in [0.25, 0.3) is 10.2 Å². The maximum atomic E-state index is 5.40. The third-order valence-electron chi connectivity index (χ3n) is 2.99. The maximum Gasteiger partial charge on any atom is 0.239 e. The smallest absolute Gasteiger partial charge is 0.239 e. The lowest BCUT2D eigenvalue weighted by Crippen LogP contribution is -2.12. The Kier molecular flexibility index (Phi) is 3.25. The average Bonchev–Trinajstić information content (AvgIpc) is 3.02. The molecule has 3 heterocycles. The van der Waals surface area contributed by atoms with E-state index in [1.165, 1.54) is 0 Å². The van der Waals surface area contributed by atoms with E-state index >= 15 is 0 Å². The predicted molar refractivity (Wildman–Crippen MR) is 80.5 cm³/mol. The molecule has 0 aromatic carbocycles. The van der Waals surface area contributed by atoms with Gasteiger partial charge in [-0.05, 0) is 18.4 Å². The van der Waals surface area contributed by atoms with Gasteiger partial charge in [-0.2, -0.15) is 10.1 Å². The van der Waals surface area contributed by atoms with Crippen molar-refractivity contribution in [3.63, 3.8) is 0 Å². The number of anilines is 2. The van der Waals surface area contributed by atoms with E-state index in [0.29, 0.717) is 12.5 Å². The number of nitrogens with two attached hydrogens (primary N) is 1. The minimum atomic E-state index is 0.404. The van der Waals surface area contributed by atoms with Crippen LogP contribution in [-0.2, 0) is 13.6 Å². The molecule has 104 valence electrons. The summed E-state index contributed by atoms with van der Waals surface area (Å²) in [6.07, 6.45) is 2.00. The van der Waals surface area contributed by atoms with Gasteiger partial charge in [0.25, 0.3) is 0 Å². The molecule has 0 aliphatic carbocycles. The van der Waals surface area contributed by atoms with Crippen LogP contribution in [0.15, 0.2) is 17.6 Å². The zero-order chi connectivity index (χ0) is 14.1. The van der Waals surface area contributed by atoms with E-state index in [2.05, 4.69) is 25.8 Å². The number of nitrogen functional groups attached to an aromatic ring is 1. The highest BCUT2D eigenvalue weighted by Gasteiger charge is 2.09. The number of nitrogens with zero attached hydrogens (tertiary/aromatic N) is 4. The van der Waals surface area contributed by atoms with Crippen LogP contribution in [0, 0.1) is 6.92 Å². The summed E-state index contributed by atoms with van der Waals surface area (Å²) in [7, 11) is 1.91. The molecule has 0 radical (unpaired) electrons. The van der Waals surface area contributed by atoms with Gasteiger partial charge in [-0.15, -0.1) is 11.3 Å². The summed E-state index contributed by atoms with van der Waals surface area (Å²) >= 11 is 1.60. The number of aryl methyl sites for hydroxylation is 2. The van der Waals surface area contributed by atoms with E-state index in [1.54, 1.807) is 16.0 Å². The lowest BCUT2D eigenvalue weighted by Gasteiger charge is -2.07. The molecular formula is C12H15N7S. The molecule has 0 unspecified atom stereocenters. The zero-order valence-corrected chi connectivity index (χ0v) is 12.0. The first-order chi connectivity index (χ1) is 9.67. The number of hydrazine groups is 1. The van der Waals surface area contributed by atoms with E-state index < -0.39 is 0 Å². The van der Waals surface area contributed by atoms with Crippen LogP contribution in [0.2, 0.25) is 0 Å². The van der Waals surface area contributed by atoms with Gasteiger partial charge in [-0.25, -0.2) is 10.8 Å². The van der Waals surface area contributed by atoms with Crippen LogP contribution in [0.3, 0.4) is 0 Å². The summed E-state index contributed by atoms with van der Waals surface area (Å²) in [6, 6.07) is 1.95. The Morgan fingerprint density at radius 3 is 2.95 bits per heavy atom. The second-order valence-electron chi connectivity index (χ2n) is 4.44. The average molecular weight is 289 g/mol. The summed E-state index contributed by atoms with van der Waals surface area (Å²) in [4.78, 5) is 8.67. The van der Waals surface area contributed by atoms with Crippen molar-refractivity contribution in [2.45, 2.75) is 13.5 Å². The summed E-state index contributed by atoms with van der Waals surface area (Å²) in [5.41, 5.74) is 5.51. The molecule has 20 heavy (non-hydrogen) atoms. The summed E-state index contributed by atoms with van der Waals surface area (Å²) < 4.78 is 2.82. The van der Waals surface area contributed by atoms with Crippen molar-refractivity contribution in [3.8, 4) is 0 Å². The maximum absolute atomic E-state index is 5.40. The van der Waals surface area contributed by atoms with Gasteiger partial charge in [0.15, 0.2) is 0 Å². The monoisotopic (exact) mass is 289 g/mol. The third-order valence-corrected chi connectivity index (χ3v) is 3.90. The van der Waals surface area contributed by atoms with E-state index in [9.17, 15) is 0 Å². The van der Waals surface area contributed by atoms with Gasteiger partial charge < -0.3 is 5.32 Å². The molecule has 3 aromatic rings. The molecule has 0 aliphatic rings. The molecule has 0 fully saturated rings. The van der Waals surface area contributed by atoms with Gasteiger partial charge in [-0.3, -0.25) is 10.1 Å². The van der Waals surface area contributed by atoms with Crippen LogP contribution < -0.4 is 16.6 Å². The molecule has 0 aliphatic heterocycles. The van der Waals surface area contributed by atoms with Crippen LogP contribution >= 0.6 is 11.3 Å². The Morgan fingerprint density at radius 2 is 2.25 bits per heavy atom. The van der Waals surface area contributed by atoms with Crippen LogP contribution in [0.5, 0.6) is 0 Å². The van der Waals surface area contributed by atoms with Gasteiger partial charge in [0.1, 0.15) is 5.82 Å². The molecule has 0 spiro atoms. The Labute approximate surface area is 119 Å². The van der Waals surface area contributed by atoms with E-state index in [4.69, 9.17) is 5.84 Å². The van der Waals surface area contributed by atoms with E-state index in [0.717, 1.165) is 27.3 Å². The molecule has 8 heteroatoms. The van der Waals surface area contributed by atoms with Gasteiger partial charge in [0.2, 0.25) is 5.95 Å². The first kappa shape index (κ1) is 12.8. The Morgan fingerprint density at radius 1 is 1.40 bits per heavy atom. The van der Waals surface area contributed by atoms with Crippen LogP contribution in [-0.4, -0.2) is 19.7 Å². The third kappa shape index (κ3) is 2.30. The molecule has 4 N–H and O–H groups in total. The highest BCUT2D eigenvalue weighted by atomic mass is 32.1. The van der Waals surface area contributed by atoms with Crippen molar-refractivity contribution in [1.82, 2.24) is 19.7 Å². The minimum absolute atomic E-state index is 0.404. The lowest BCUT2D eigenvalue weighted by molar-refractivity contribution is 0.756. The largest absolute Gasteiger partial charge is 0.365 e. The number of fused-ring (bicyclic) bond motifs is 1. The first-order valence-corrected chi connectivity index (χ1v) is 7.00. The number of rotatable bonds is 4. The van der Waals surface area contributed by atoms with Crippen molar-refractivity contribution < 1.29 is 0 Å². The fraction of sp³-hybridized carbons (Fsp3) is 0.250. The molecule has 0 bridgehead atoms. The van der Waals surface area contributed by atoms with E-state index in [-0.39, 0.29) is 0 Å². The van der Waals surface area contributed by atoms with E-state index in [1.807, 2.05) is 31.6 Å². The molecule has 3 aromatic heterocycles. The van der Waals surface area contributed by atoms with Crippen LogP contribution in [0.1, 0.15) is 11.3 Å². The quantitative estimate of drug-likeness (QED) is 0.499. The Balaban J connectivity index is 1.90. The zero-order valence-electron chi connectivity index (χ0n) is 11.2.